The summed E-state index contributed by atoms with van der Waals surface area (Å²) in [5.41, 5.74) is 0.00330. The first-order valence-electron chi connectivity index (χ1n) is 8.08. The van der Waals surface area contributed by atoms with E-state index in [1.807, 2.05) is 11.9 Å². The van der Waals surface area contributed by atoms with Crippen molar-refractivity contribution in [2.24, 2.45) is 0 Å². The minimum atomic E-state index is -0.416. The fraction of sp³-hybridized carbons (Fsp3) is 0.529. The van der Waals surface area contributed by atoms with E-state index in [1.54, 1.807) is 37.3 Å². The van der Waals surface area contributed by atoms with E-state index in [9.17, 15) is 9.59 Å². The number of nitrogens with one attached hydrogen (secondary N) is 1. The molecule has 1 spiro atoms. The fourth-order valence-electron chi connectivity index (χ4n) is 3.39. The van der Waals surface area contributed by atoms with Gasteiger partial charge in [-0.05, 0) is 25.2 Å². The second-order valence-corrected chi connectivity index (χ2v) is 6.95. The molecule has 0 aromatic heterocycles. The molecule has 2 amide bonds. The number of halogens is 1. The Hall–Kier alpha value is -1.83. The number of carbonyl (C=O) groups is 2. The third kappa shape index (κ3) is 3.31. The van der Waals surface area contributed by atoms with E-state index in [4.69, 9.17) is 21.1 Å². The van der Waals surface area contributed by atoms with E-state index in [1.165, 1.54) is 0 Å². The van der Waals surface area contributed by atoms with E-state index in [-0.39, 0.29) is 17.9 Å². The Balaban J connectivity index is 1.65. The smallest absolute Gasteiger partial charge is 0.255 e. The van der Waals surface area contributed by atoms with Crippen molar-refractivity contribution in [3.8, 4) is 5.75 Å². The summed E-state index contributed by atoms with van der Waals surface area (Å²) in [6, 6.07) is 4.72. The summed E-state index contributed by atoms with van der Waals surface area (Å²) in [6.07, 6.45) is 0. The highest BCUT2D eigenvalue weighted by Crippen LogP contribution is 2.33. The SMILES string of the molecule is CNC(=O)C1COC2(CN(C(=O)c3cc(OC)ccc3Cl)C2)CN1C. The maximum Gasteiger partial charge on any atom is 0.255 e. The summed E-state index contributed by atoms with van der Waals surface area (Å²) in [5, 5.41) is 3.04. The normalized spacial score (nSPS) is 22.4. The topological polar surface area (TPSA) is 71.1 Å². The molecule has 1 N–H and O–H groups in total. The maximum absolute atomic E-state index is 12.7. The lowest BCUT2D eigenvalue weighted by Crippen LogP contribution is -2.73. The highest BCUT2D eigenvalue weighted by molar-refractivity contribution is 6.33. The molecule has 2 heterocycles. The number of hydrogen-bond donors (Lipinski definition) is 1. The molecule has 2 aliphatic rings. The van der Waals surface area contributed by atoms with Crippen LogP contribution in [0.4, 0.5) is 0 Å². The van der Waals surface area contributed by atoms with Gasteiger partial charge in [0, 0.05) is 13.6 Å². The van der Waals surface area contributed by atoms with Crippen LogP contribution in [0.3, 0.4) is 0 Å². The lowest BCUT2D eigenvalue weighted by molar-refractivity contribution is -0.187. The number of ether oxygens (including phenoxy) is 2. The van der Waals surface area contributed by atoms with Crippen molar-refractivity contribution < 1.29 is 19.1 Å². The van der Waals surface area contributed by atoms with Gasteiger partial charge in [-0.1, -0.05) is 11.6 Å². The third-order valence-corrected chi connectivity index (χ3v) is 5.14. The molecule has 0 bridgehead atoms. The van der Waals surface area contributed by atoms with Crippen LogP contribution in [0.2, 0.25) is 5.02 Å². The second kappa shape index (κ2) is 6.82. The van der Waals surface area contributed by atoms with Crippen LogP contribution >= 0.6 is 11.6 Å². The van der Waals surface area contributed by atoms with Crippen LogP contribution < -0.4 is 10.1 Å². The molecule has 1 atom stereocenters. The highest BCUT2D eigenvalue weighted by atomic mass is 35.5. The van der Waals surface area contributed by atoms with Crippen LogP contribution in [-0.4, -0.2) is 80.7 Å². The number of morpholine rings is 1. The number of rotatable bonds is 3. The molecular weight excluding hydrogens is 346 g/mol. The Morgan fingerprint density at radius 3 is 2.68 bits per heavy atom. The van der Waals surface area contributed by atoms with Gasteiger partial charge in [-0.25, -0.2) is 0 Å². The number of methoxy groups -OCH3 is 1. The number of benzene rings is 1. The second-order valence-electron chi connectivity index (χ2n) is 6.55. The van der Waals surface area contributed by atoms with Crippen molar-refractivity contribution in [2.75, 3.05) is 47.4 Å². The van der Waals surface area contributed by atoms with Gasteiger partial charge in [0.1, 0.15) is 17.4 Å². The van der Waals surface area contributed by atoms with Crippen LogP contribution in [0, 0.1) is 0 Å². The number of likely N-dealkylation sites (N-methyl/N-ethyl adjacent to an activating group) is 2. The first-order valence-corrected chi connectivity index (χ1v) is 8.45. The zero-order valence-corrected chi connectivity index (χ0v) is 15.3. The van der Waals surface area contributed by atoms with Gasteiger partial charge >= 0.3 is 0 Å². The first kappa shape index (κ1) is 18.0. The van der Waals surface area contributed by atoms with E-state index in [2.05, 4.69) is 5.32 Å². The molecule has 2 fully saturated rings. The zero-order chi connectivity index (χ0) is 18.2. The van der Waals surface area contributed by atoms with Gasteiger partial charge in [-0.15, -0.1) is 0 Å². The van der Waals surface area contributed by atoms with E-state index < -0.39 is 5.60 Å². The third-order valence-electron chi connectivity index (χ3n) is 4.82. The zero-order valence-electron chi connectivity index (χ0n) is 14.5. The quantitative estimate of drug-likeness (QED) is 0.848. The first-order chi connectivity index (χ1) is 11.9. The summed E-state index contributed by atoms with van der Waals surface area (Å²) >= 11 is 6.16. The Morgan fingerprint density at radius 2 is 2.08 bits per heavy atom. The van der Waals surface area contributed by atoms with E-state index in [0.29, 0.717) is 42.6 Å². The number of likely N-dealkylation sites (tertiary alicyclic amines) is 1. The Morgan fingerprint density at radius 1 is 1.36 bits per heavy atom. The molecule has 0 aliphatic carbocycles. The molecule has 2 saturated heterocycles. The Bertz CT molecular complexity index is 690. The highest BCUT2D eigenvalue weighted by Gasteiger charge is 2.51. The molecule has 1 unspecified atom stereocenters. The molecular formula is C17H22ClN3O4. The molecule has 1 aromatic carbocycles. The standard InChI is InChI=1S/C17H22ClN3O4/c1-19-15(22)14-7-25-17(8-20(14)2)9-21(10-17)16(23)12-6-11(24-3)4-5-13(12)18/h4-6,14H,7-10H2,1-3H3,(H,19,22). The molecule has 1 aromatic rings. The van der Waals surface area contributed by atoms with Gasteiger partial charge < -0.3 is 19.7 Å². The minimum absolute atomic E-state index is 0.0623. The molecule has 136 valence electrons. The Kier molecular flexibility index (Phi) is 4.90. The average Bonchev–Trinajstić information content (AvgIpc) is 2.58. The van der Waals surface area contributed by atoms with Crippen molar-refractivity contribution >= 4 is 23.4 Å². The van der Waals surface area contributed by atoms with Gasteiger partial charge in [-0.2, -0.15) is 0 Å². The van der Waals surface area contributed by atoms with Crippen molar-refractivity contribution in [2.45, 2.75) is 11.6 Å². The van der Waals surface area contributed by atoms with E-state index >= 15 is 0 Å². The molecule has 8 heteroatoms. The molecule has 25 heavy (non-hydrogen) atoms. The van der Waals surface area contributed by atoms with Crippen molar-refractivity contribution in [1.82, 2.24) is 15.1 Å². The van der Waals surface area contributed by atoms with Gasteiger partial charge in [-0.3, -0.25) is 14.5 Å². The molecule has 3 rings (SSSR count). The summed E-state index contributed by atoms with van der Waals surface area (Å²) < 4.78 is 11.1. The Labute approximate surface area is 151 Å². The van der Waals surface area contributed by atoms with Crippen LogP contribution in [-0.2, 0) is 9.53 Å². The lowest BCUT2D eigenvalue weighted by atomic mass is 9.90. The molecule has 0 radical (unpaired) electrons. The largest absolute Gasteiger partial charge is 0.497 e. The van der Waals surface area contributed by atoms with Crippen molar-refractivity contribution in [1.29, 1.82) is 0 Å². The monoisotopic (exact) mass is 367 g/mol. The predicted molar refractivity (Wildman–Crippen MR) is 93.1 cm³/mol. The number of nitrogens with zero attached hydrogens (tertiary/aromatic N) is 2. The van der Waals surface area contributed by atoms with Crippen molar-refractivity contribution in [3.63, 3.8) is 0 Å². The van der Waals surface area contributed by atoms with Crippen LogP contribution in [0.5, 0.6) is 5.75 Å². The molecule has 7 nitrogen and oxygen atoms in total. The predicted octanol–water partition coefficient (Wildman–Crippen LogP) is 0.620. The maximum atomic E-state index is 12.7. The van der Waals surface area contributed by atoms with E-state index in [0.717, 1.165) is 0 Å². The van der Waals surface area contributed by atoms with Gasteiger partial charge in [0.05, 0.1) is 37.4 Å². The summed E-state index contributed by atoms with van der Waals surface area (Å²) in [4.78, 5) is 28.2. The van der Waals surface area contributed by atoms with Crippen LogP contribution in [0.25, 0.3) is 0 Å². The van der Waals surface area contributed by atoms with Gasteiger partial charge in [0.2, 0.25) is 5.91 Å². The summed E-state index contributed by atoms with van der Waals surface area (Å²) in [7, 11) is 5.06. The number of carbonyl (C=O) groups excluding carboxylic acids is 2. The molecule has 2 aliphatic heterocycles. The number of hydrogen-bond acceptors (Lipinski definition) is 5. The average molecular weight is 368 g/mol. The van der Waals surface area contributed by atoms with Gasteiger partial charge in [0.15, 0.2) is 0 Å². The summed E-state index contributed by atoms with van der Waals surface area (Å²) in [5.74, 6) is 0.382. The molecule has 0 saturated carbocycles. The number of amides is 2. The minimum Gasteiger partial charge on any atom is -0.497 e. The van der Waals surface area contributed by atoms with Crippen LogP contribution in [0.1, 0.15) is 10.4 Å². The van der Waals surface area contributed by atoms with Crippen LogP contribution in [0.15, 0.2) is 18.2 Å². The fourth-order valence-corrected chi connectivity index (χ4v) is 3.58. The lowest BCUT2D eigenvalue weighted by Gasteiger charge is -2.54. The van der Waals surface area contributed by atoms with Gasteiger partial charge in [0.25, 0.3) is 5.91 Å². The van der Waals surface area contributed by atoms with Crippen molar-refractivity contribution in [3.05, 3.63) is 28.8 Å². The summed E-state index contributed by atoms with van der Waals surface area (Å²) in [6.45, 7) is 1.87.